The van der Waals surface area contributed by atoms with Crippen LogP contribution in [0.2, 0.25) is 0 Å². The maximum Gasteiger partial charge on any atom is 0.00720 e. The fourth-order valence-electron chi connectivity index (χ4n) is 2.70. The lowest BCUT2D eigenvalue weighted by Crippen LogP contribution is -2.33. The summed E-state index contributed by atoms with van der Waals surface area (Å²) in [5.41, 5.74) is 2.89. The first-order valence-electron chi connectivity index (χ1n) is 7.77. The van der Waals surface area contributed by atoms with Crippen LogP contribution in [0, 0.1) is 18.8 Å². The lowest BCUT2D eigenvalue weighted by Gasteiger charge is -2.22. The molecule has 0 heterocycles. The number of benzene rings is 1. The Kier molecular flexibility index (Phi) is 7.15. The number of rotatable bonds is 8. The fraction of sp³-hybridized carbons (Fsp3) is 0.667. The molecule has 0 aromatic heterocycles. The molecule has 0 amide bonds. The van der Waals surface area contributed by atoms with Gasteiger partial charge in [0.15, 0.2) is 0 Å². The molecule has 0 saturated heterocycles. The van der Waals surface area contributed by atoms with Crippen LogP contribution < -0.4 is 5.32 Å². The largest absolute Gasteiger partial charge is 0.314 e. The van der Waals surface area contributed by atoms with Crippen molar-refractivity contribution in [3.63, 3.8) is 0 Å². The summed E-state index contributed by atoms with van der Waals surface area (Å²) in [6, 6.07) is 9.38. The Hall–Kier alpha value is -0.820. The molecule has 0 aliphatic carbocycles. The molecule has 108 valence electrons. The average molecular weight is 261 g/mol. The molecule has 0 bridgehead atoms. The van der Waals surface area contributed by atoms with E-state index in [1.165, 1.54) is 24.0 Å². The van der Waals surface area contributed by atoms with Gasteiger partial charge in [0.1, 0.15) is 0 Å². The van der Waals surface area contributed by atoms with E-state index in [1.807, 2.05) is 0 Å². The van der Waals surface area contributed by atoms with Gasteiger partial charge in [-0.3, -0.25) is 0 Å². The monoisotopic (exact) mass is 261 g/mol. The van der Waals surface area contributed by atoms with Crippen LogP contribution in [0.15, 0.2) is 24.3 Å². The number of nitrogens with one attached hydrogen (secondary N) is 1. The van der Waals surface area contributed by atoms with Crippen molar-refractivity contribution in [1.29, 1.82) is 0 Å². The highest BCUT2D eigenvalue weighted by Gasteiger charge is 2.12. The maximum atomic E-state index is 3.76. The van der Waals surface area contributed by atoms with Crippen LogP contribution in [0.3, 0.4) is 0 Å². The first kappa shape index (κ1) is 16.2. The van der Waals surface area contributed by atoms with Crippen molar-refractivity contribution in [2.75, 3.05) is 6.54 Å². The molecule has 0 aliphatic heterocycles. The SMILES string of the molecule is Cc1ccccc1CCNC(CC(C)C)CC(C)C. The third-order valence-corrected chi connectivity index (χ3v) is 3.60. The zero-order valence-corrected chi connectivity index (χ0v) is 13.4. The van der Waals surface area contributed by atoms with E-state index in [-0.39, 0.29) is 0 Å². The zero-order valence-electron chi connectivity index (χ0n) is 13.4. The summed E-state index contributed by atoms with van der Waals surface area (Å²) in [4.78, 5) is 0. The minimum atomic E-state index is 0.670. The van der Waals surface area contributed by atoms with Crippen molar-refractivity contribution >= 4 is 0 Å². The standard InChI is InChI=1S/C18H31N/c1-14(2)12-18(13-15(3)4)19-11-10-17-9-7-6-8-16(17)5/h6-9,14-15,18-19H,10-13H2,1-5H3. The van der Waals surface area contributed by atoms with Crippen molar-refractivity contribution in [2.45, 2.75) is 59.9 Å². The van der Waals surface area contributed by atoms with Gasteiger partial charge in [-0.15, -0.1) is 0 Å². The van der Waals surface area contributed by atoms with Crippen LogP contribution in [-0.4, -0.2) is 12.6 Å². The molecule has 0 atom stereocenters. The van der Waals surface area contributed by atoms with Gasteiger partial charge in [-0.1, -0.05) is 52.0 Å². The highest BCUT2D eigenvalue weighted by atomic mass is 14.9. The number of hydrogen-bond donors (Lipinski definition) is 1. The molecule has 0 aliphatic rings. The molecular weight excluding hydrogens is 230 g/mol. The molecule has 1 aromatic rings. The van der Waals surface area contributed by atoms with E-state index >= 15 is 0 Å². The second-order valence-corrected chi connectivity index (χ2v) is 6.59. The summed E-state index contributed by atoms with van der Waals surface area (Å²) >= 11 is 0. The Bertz CT molecular complexity index is 344. The molecule has 1 N–H and O–H groups in total. The van der Waals surface area contributed by atoms with Gasteiger partial charge in [-0.25, -0.2) is 0 Å². The summed E-state index contributed by atoms with van der Waals surface area (Å²) in [6.07, 6.45) is 3.71. The van der Waals surface area contributed by atoms with Crippen molar-refractivity contribution in [3.8, 4) is 0 Å². The molecule has 19 heavy (non-hydrogen) atoms. The number of aryl methyl sites for hydroxylation is 1. The maximum absolute atomic E-state index is 3.76. The molecule has 0 unspecified atom stereocenters. The van der Waals surface area contributed by atoms with Gasteiger partial charge in [0.05, 0.1) is 0 Å². The van der Waals surface area contributed by atoms with Crippen molar-refractivity contribution in [1.82, 2.24) is 5.32 Å². The summed E-state index contributed by atoms with van der Waals surface area (Å²) < 4.78 is 0. The normalized spacial score (nSPS) is 11.8. The summed E-state index contributed by atoms with van der Waals surface area (Å²) in [5, 5.41) is 3.76. The Labute approximate surface area is 119 Å². The van der Waals surface area contributed by atoms with E-state index in [9.17, 15) is 0 Å². The Balaban J connectivity index is 2.41. The molecule has 0 radical (unpaired) electrons. The zero-order chi connectivity index (χ0) is 14.3. The Morgan fingerprint density at radius 2 is 1.53 bits per heavy atom. The average Bonchev–Trinajstić information content (AvgIpc) is 2.30. The minimum Gasteiger partial charge on any atom is -0.314 e. The summed E-state index contributed by atoms with van der Waals surface area (Å²) in [5.74, 6) is 1.55. The molecule has 0 fully saturated rings. The van der Waals surface area contributed by atoms with E-state index < -0.39 is 0 Å². The van der Waals surface area contributed by atoms with Crippen LogP contribution in [-0.2, 0) is 6.42 Å². The first-order chi connectivity index (χ1) is 8.99. The lowest BCUT2D eigenvalue weighted by atomic mass is 9.95. The molecule has 1 aromatic carbocycles. The van der Waals surface area contributed by atoms with Gasteiger partial charge in [-0.2, -0.15) is 0 Å². The number of hydrogen-bond acceptors (Lipinski definition) is 1. The highest BCUT2D eigenvalue weighted by Crippen LogP contribution is 2.14. The second-order valence-electron chi connectivity index (χ2n) is 6.59. The van der Waals surface area contributed by atoms with E-state index in [0.29, 0.717) is 6.04 Å². The van der Waals surface area contributed by atoms with Gasteiger partial charge >= 0.3 is 0 Å². The third kappa shape index (κ3) is 6.77. The first-order valence-corrected chi connectivity index (χ1v) is 7.77. The van der Waals surface area contributed by atoms with E-state index in [2.05, 4.69) is 64.2 Å². The predicted octanol–water partition coefficient (Wildman–Crippen LogP) is 4.59. The topological polar surface area (TPSA) is 12.0 Å². The molecule has 1 heteroatoms. The van der Waals surface area contributed by atoms with Crippen LogP contribution >= 0.6 is 0 Å². The van der Waals surface area contributed by atoms with E-state index in [0.717, 1.165) is 24.8 Å². The quantitative estimate of drug-likeness (QED) is 0.722. The van der Waals surface area contributed by atoms with E-state index in [1.54, 1.807) is 0 Å². The Morgan fingerprint density at radius 3 is 2.05 bits per heavy atom. The predicted molar refractivity (Wildman–Crippen MR) is 85.6 cm³/mol. The lowest BCUT2D eigenvalue weighted by molar-refractivity contribution is 0.361. The van der Waals surface area contributed by atoms with Gasteiger partial charge in [0.2, 0.25) is 0 Å². The van der Waals surface area contributed by atoms with Crippen LogP contribution in [0.5, 0.6) is 0 Å². The van der Waals surface area contributed by atoms with Gasteiger partial charge in [0.25, 0.3) is 0 Å². The minimum absolute atomic E-state index is 0.670. The second kappa shape index (κ2) is 8.37. The molecule has 1 rings (SSSR count). The van der Waals surface area contributed by atoms with Crippen LogP contribution in [0.1, 0.15) is 51.7 Å². The van der Waals surface area contributed by atoms with Crippen LogP contribution in [0.4, 0.5) is 0 Å². The fourth-order valence-corrected chi connectivity index (χ4v) is 2.70. The van der Waals surface area contributed by atoms with Crippen molar-refractivity contribution in [2.24, 2.45) is 11.8 Å². The molecule has 1 nitrogen and oxygen atoms in total. The van der Waals surface area contributed by atoms with Gasteiger partial charge < -0.3 is 5.32 Å². The van der Waals surface area contributed by atoms with Gasteiger partial charge in [-0.05, 0) is 55.7 Å². The molecular formula is C18H31N. The summed E-state index contributed by atoms with van der Waals surface area (Å²) in [7, 11) is 0. The van der Waals surface area contributed by atoms with Crippen molar-refractivity contribution < 1.29 is 0 Å². The third-order valence-electron chi connectivity index (χ3n) is 3.60. The van der Waals surface area contributed by atoms with E-state index in [4.69, 9.17) is 0 Å². The van der Waals surface area contributed by atoms with Gasteiger partial charge in [0, 0.05) is 6.04 Å². The van der Waals surface area contributed by atoms with Crippen LogP contribution in [0.25, 0.3) is 0 Å². The molecule has 0 saturated carbocycles. The Morgan fingerprint density at radius 1 is 0.947 bits per heavy atom. The highest BCUT2D eigenvalue weighted by molar-refractivity contribution is 5.25. The van der Waals surface area contributed by atoms with Crippen molar-refractivity contribution in [3.05, 3.63) is 35.4 Å². The summed E-state index contributed by atoms with van der Waals surface area (Å²) in [6.45, 7) is 12.6. The smallest absolute Gasteiger partial charge is 0.00720 e. The molecule has 0 spiro atoms.